The Kier molecular flexibility index (Phi) is 3.28. The molecule has 0 amide bonds. The van der Waals surface area contributed by atoms with Crippen molar-refractivity contribution < 1.29 is 0 Å². The number of aromatic nitrogens is 2. The lowest BCUT2D eigenvalue weighted by Crippen LogP contribution is -2.41. The number of nitrogens with two attached hydrogens (primary N) is 1. The Morgan fingerprint density at radius 2 is 1.89 bits per heavy atom. The summed E-state index contributed by atoms with van der Waals surface area (Å²) in [5, 5.41) is 0. The number of hydrogen-bond donors (Lipinski definition) is 3. The van der Waals surface area contributed by atoms with Crippen molar-refractivity contribution in [3.63, 3.8) is 0 Å². The van der Waals surface area contributed by atoms with Crippen LogP contribution < -0.4 is 22.5 Å². The minimum Gasteiger partial charge on any atom is -0.309 e. The van der Waals surface area contributed by atoms with Gasteiger partial charge in [-0.05, 0) is 25.7 Å². The number of nitrogens with zero attached hydrogens (tertiary/aromatic N) is 1. The third kappa shape index (κ3) is 2.04. The van der Waals surface area contributed by atoms with E-state index in [1.807, 2.05) is 0 Å². The van der Waals surface area contributed by atoms with E-state index in [4.69, 9.17) is 5.84 Å². The molecule has 6 heteroatoms. The molecule has 4 N–H and O–H groups in total. The maximum absolute atomic E-state index is 12.5. The van der Waals surface area contributed by atoms with Crippen molar-refractivity contribution in [2.24, 2.45) is 5.84 Å². The molecule has 1 aromatic rings. The number of fused-ring (bicyclic) bond motifs is 1. The predicted octanol–water partition coefficient (Wildman–Crippen LogP) is 0.492. The van der Waals surface area contributed by atoms with Crippen molar-refractivity contribution in [3.05, 3.63) is 32.1 Å². The summed E-state index contributed by atoms with van der Waals surface area (Å²) in [5.74, 6) is 5.45. The Bertz CT molecular complexity index is 583. The predicted molar refractivity (Wildman–Crippen MR) is 71.8 cm³/mol. The molecule has 6 nitrogen and oxygen atoms in total. The molecule has 0 saturated heterocycles. The van der Waals surface area contributed by atoms with Gasteiger partial charge in [-0.25, -0.2) is 4.79 Å². The molecule has 0 spiro atoms. The van der Waals surface area contributed by atoms with Crippen LogP contribution in [0.4, 0.5) is 0 Å². The second-order valence-electron chi connectivity index (χ2n) is 5.55. The van der Waals surface area contributed by atoms with E-state index in [0.717, 1.165) is 37.7 Å². The minimum atomic E-state index is -0.280. The van der Waals surface area contributed by atoms with Gasteiger partial charge in [0.15, 0.2) is 0 Å². The van der Waals surface area contributed by atoms with Gasteiger partial charge in [-0.3, -0.25) is 20.6 Å². The van der Waals surface area contributed by atoms with Gasteiger partial charge < -0.3 is 4.98 Å². The average Bonchev–Trinajstić information content (AvgIpc) is 2.83. The Morgan fingerprint density at radius 3 is 2.58 bits per heavy atom. The Labute approximate surface area is 111 Å². The lowest BCUT2D eigenvalue weighted by Gasteiger charge is -2.23. The molecule has 2 aliphatic rings. The van der Waals surface area contributed by atoms with Crippen molar-refractivity contribution in [2.45, 2.75) is 57.0 Å². The summed E-state index contributed by atoms with van der Waals surface area (Å²) < 4.78 is 1.44. The van der Waals surface area contributed by atoms with Crippen LogP contribution in [0.3, 0.4) is 0 Å². The number of nitrogens with one attached hydrogen (secondary N) is 2. The first-order chi connectivity index (χ1) is 9.22. The average molecular weight is 264 g/mol. The van der Waals surface area contributed by atoms with Crippen LogP contribution in [0.1, 0.15) is 61.9 Å². The second-order valence-corrected chi connectivity index (χ2v) is 5.55. The van der Waals surface area contributed by atoms with E-state index in [9.17, 15) is 9.59 Å². The fourth-order valence-electron chi connectivity index (χ4n) is 3.41. The molecule has 19 heavy (non-hydrogen) atoms. The van der Waals surface area contributed by atoms with Gasteiger partial charge in [0.2, 0.25) is 0 Å². The zero-order valence-electron chi connectivity index (χ0n) is 10.9. The molecule has 1 atom stereocenters. The number of H-pyrrole nitrogens is 1. The van der Waals surface area contributed by atoms with Crippen LogP contribution in [0.25, 0.3) is 0 Å². The standard InChI is InChI=1S/C13H20N4O2/c14-16-10-7-6-9-11(10)15-13(19)17(12(9)18)8-4-2-1-3-5-8/h8,10,16H,1-7,14H2,(H,15,19). The topological polar surface area (TPSA) is 92.9 Å². The number of rotatable bonds is 2. The smallest absolute Gasteiger partial charge is 0.309 e. The lowest BCUT2D eigenvalue weighted by molar-refractivity contribution is 0.334. The molecule has 104 valence electrons. The van der Waals surface area contributed by atoms with E-state index in [2.05, 4.69) is 10.4 Å². The molecule has 1 heterocycles. The summed E-state index contributed by atoms with van der Waals surface area (Å²) in [6.07, 6.45) is 6.72. The van der Waals surface area contributed by atoms with Crippen LogP contribution in [-0.2, 0) is 6.42 Å². The van der Waals surface area contributed by atoms with Crippen molar-refractivity contribution in [1.29, 1.82) is 0 Å². The fraction of sp³-hybridized carbons (Fsp3) is 0.692. The first-order valence-electron chi connectivity index (χ1n) is 7.06. The third-order valence-electron chi connectivity index (χ3n) is 4.43. The lowest BCUT2D eigenvalue weighted by atomic mass is 9.95. The Morgan fingerprint density at radius 1 is 1.16 bits per heavy atom. The van der Waals surface area contributed by atoms with Gasteiger partial charge in [0.1, 0.15) is 0 Å². The molecule has 3 rings (SSSR count). The Balaban J connectivity index is 2.08. The van der Waals surface area contributed by atoms with Crippen LogP contribution in [-0.4, -0.2) is 9.55 Å². The number of aromatic amines is 1. The maximum atomic E-state index is 12.5. The molecule has 0 bridgehead atoms. The SMILES string of the molecule is NNC1CCc2c1[nH]c(=O)n(C1CCCCC1)c2=O. The summed E-state index contributed by atoms with van der Waals surface area (Å²) >= 11 is 0. The van der Waals surface area contributed by atoms with Gasteiger partial charge in [-0.15, -0.1) is 0 Å². The van der Waals surface area contributed by atoms with Gasteiger partial charge in [0.05, 0.1) is 6.04 Å². The fourth-order valence-corrected chi connectivity index (χ4v) is 3.41. The van der Waals surface area contributed by atoms with Gasteiger partial charge in [-0.2, -0.15) is 0 Å². The van der Waals surface area contributed by atoms with Crippen LogP contribution in [0, 0.1) is 0 Å². The van der Waals surface area contributed by atoms with Gasteiger partial charge in [0, 0.05) is 17.3 Å². The van der Waals surface area contributed by atoms with Crippen molar-refractivity contribution in [2.75, 3.05) is 0 Å². The molecule has 0 radical (unpaired) electrons. The molecule has 0 aliphatic heterocycles. The van der Waals surface area contributed by atoms with E-state index in [1.165, 1.54) is 11.0 Å². The first kappa shape index (κ1) is 12.6. The highest BCUT2D eigenvalue weighted by molar-refractivity contribution is 5.26. The van der Waals surface area contributed by atoms with Crippen LogP contribution in [0.5, 0.6) is 0 Å². The quantitative estimate of drug-likeness (QED) is 0.535. The van der Waals surface area contributed by atoms with Gasteiger partial charge >= 0.3 is 5.69 Å². The van der Waals surface area contributed by atoms with E-state index in [-0.39, 0.29) is 23.3 Å². The molecule has 1 aromatic heterocycles. The van der Waals surface area contributed by atoms with Crippen molar-refractivity contribution >= 4 is 0 Å². The van der Waals surface area contributed by atoms with Crippen molar-refractivity contribution in [3.8, 4) is 0 Å². The second kappa shape index (κ2) is 4.94. The number of hydrogen-bond acceptors (Lipinski definition) is 4. The molecule has 2 aliphatic carbocycles. The van der Waals surface area contributed by atoms with Crippen LogP contribution in [0.2, 0.25) is 0 Å². The summed E-state index contributed by atoms with van der Waals surface area (Å²) in [6.45, 7) is 0. The largest absolute Gasteiger partial charge is 0.328 e. The van der Waals surface area contributed by atoms with Crippen molar-refractivity contribution in [1.82, 2.24) is 15.0 Å². The summed E-state index contributed by atoms with van der Waals surface area (Å²) in [6, 6.07) is -0.0309. The zero-order chi connectivity index (χ0) is 13.4. The summed E-state index contributed by atoms with van der Waals surface area (Å²) in [4.78, 5) is 27.6. The number of hydrazine groups is 1. The normalized spacial score (nSPS) is 23.5. The molecule has 1 unspecified atom stereocenters. The van der Waals surface area contributed by atoms with Crippen LogP contribution >= 0.6 is 0 Å². The maximum Gasteiger partial charge on any atom is 0.328 e. The highest BCUT2D eigenvalue weighted by atomic mass is 16.2. The molecular weight excluding hydrogens is 244 g/mol. The molecule has 1 fully saturated rings. The minimum absolute atomic E-state index is 0.0696. The highest BCUT2D eigenvalue weighted by Crippen LogP contribution is 2.28. The Hall–Kier alpha value is -1.40. The van der Waals surface area contributed by atoms with Gasteiger partial charge in [0.25, 0.3) is 5.56 Å². The molecule has 1 saturated carbocycles. The van der Waals surface area contributed by atoms with E-state index >= 15 is 0 Å². The summed E-state index contributed by atoms with van der Waals surface area (Å²) in [5.41, 5.74) is 3.68. The third-order valence-corrected chi connectivity index (χ3v) is 4.43. The van der Waals surface area contributed by atoms with E-state index < -0.39 is 0 Å². The van der Waals surface area contributed by atoms with E-state index in [1.54, 1.807) is 0 Å². The zero-order valence-corrected chi connectivity index (χ0v) is 10.9. The van der Waals surface area contributed by atoms with Crippen LogP contribution in [0.15, 0.2) is 9.59 Å². The van der Waals surface area contributed by atoms with Gasteiger partial charge in [-0.1, -0.05) is 19.3 Å². The monoisotopic (exact) mass is 264 g/mol. The van der Waals surface area contributed by atoms with E-state index in [0.29, 0.717) is 12.1 Å². The highest BCUT2D eigenvalue weighted by Gasteiger charge is 2.29. The first-order valence-corrected chi connectivity index (χ1v) is 7.06. The molecule has 0 aromatic carbocycles. The summed E-state index contributed by atoms with van der Waals surface area (Å²) in [7, 11) is 0. The molecular formula is C13H20N4O2.